The van der Waals surface area contributed by atoms with Crippen molar-refractivity contribution in [2.45, 2.75) is 44.6 Å². The van der Waals surface area contributed by atoms with Crippen molar-refractivity contribution in [2.75, 3.05) is 39.3 Å². The quantitative estimate of drug-likeness (QED) is 0.715. The fraction of sp³-hybridized carbons (Fsp3) is 0.875. The topological polar surface area (TPSA) is 78.7 Å². The summed E-state index contributed by atoms with van der Waals surface area (Å²) in [6.45, 7) is 5.50. The minimum absolute atomic E-state index is 0.0116. The fourth-order valence-corrected chi connectivity index (χ4v) is 4.31. The molecule has 124 valence electrons. The molecule has 3 fully saturated rings. The highest BCUT2D eigenvalue weighted by Gasteiger charge is 2.49. The van der Waals surface area contributed by atoms with E-state index in [0.717, 1.165) is 52.1 Å². The van der Waals surface area contributed by atoms with Crippen LogP contribution in [-0.2, 0) is 9.59 Å². The molecule has 1 saturated carbocycles. The van der Waals surface area contributed by atoms with Gasteiger partial charge in [-0.1, -0.05) is 12.8 Å². The van der Waals surface area contributed by atoms with Crippen LogP contribution in [0.1, 0.15) is 38.5 Å². The van der Waals surface area contributed by atoms with Crippen LogP contribution in [0.4, 0.5) is 0 Å². The van der Waals surface area contributed by atoms with Crippen molar-refractivity contribution in [1.82, 2.24) is 15.1 Å². The zero-order chi connectivity index (χ0) is 15.6. The first-order chi connectivity index (χ1) is 10.6. The van der Waals surface area contributed by atoms with E-state index in [0.29, 0.717) is 18.9 Å². The lowest BCUT2D eigenvalue weighted by molar-refractivity contribution is -0.150. The van der Waals surface area contributed by atoms with Crippen LogP contribution in [0.2, 0.25) is 0 Å². The van der Waals surface area contributed by atoms with Gasteiger partial charge in [0.2, 0.25) is 11.8 Å². The van der Waals surface area contributed by atoms with Crippen LogP contribution >= 0.6 is 0 Å². The predicted molar refractivity (Wildman–Crippen MR) is 84.1 cm³/mol. The zero-order valence-corrected chi connectivity index (χ0v) is 13.4. The second-order valence-corrected chi connectivity index (χ2v) is 6.96. The molecule has 0 radical (unpaired) electrons. The predicted octanol–water partition coefficient (Wildman–Crippen LogP) is -0.0717. The summed E-state index contributed by atoms with van der Waals surface area (Å²) < 4.78 is 0. The number of nitrogens with two attached hydrogens (primary N) is 1. The lowest BCUT2D eigenvalue weighted by atomic mass is 9.83. The molecule has 0 spiro atoms. The molecule has 3 aliphatic rings. The number of hydrogen-bond donors (Lipinski definition) is 2. The third kappa shape index (κ3) is 2.86. The van der Waals surface area contributed by atoms with E-state index in [-0.39, 0.29) is 5.91 Å². The number of hydrogen-bond acceptors (Lipinski definition) is 4. The average Bonchev–Trinajstić information content (AvgIpc) is 3.06. The number of primary amides is 1. The Kier molecular flexibility index (Phi) is 4.68. The summed E-state index contributed by atoms with van der Waals surface area (Å²) in [5.41, 5.74) is 4.67. The van der Waals surface area contributed by atoms with E-state index in [9.17, 15) is 9.59 Å². The third-order valence-corrected chi connectivity index (χ3v) is 5.76. The van der Waals surface area contributed by atoms with Crippen LogP contribution in [-0.4, -0.2) is 66.9 Å². The van der Waals surface area contributed by atoms with Gasteiger partial charge < -0.3 is 16.0 Å². The van der Waals surface area contributed by atoms with Gasteiger partial charge in [-0.05, 0) is 38.8 Å². The molecule has 0 bridgehead atoms. The van der Waals surface area contributed by atoms with E-state index >= 15 is 0 Å². The van der Waals surface area contributed by atoms with E-state index < -0.39 is 11.3 Å². The normalized spacial score (nSPS) is 27.0. The molecule has 2 aliphatic heterocycles. The van der Waals surface area contributed by atoms with Crippen molar-refractivity contribution in [3.63, 3.8) is 0 Å². The molecule has 22 heavy (non-hydrogen) atoms. The number of carbonyl (C=O) groups is 2. The number of nitrogens with zero attached hydrogens (tertiary/aromatic N) is 2. The van der Waals surface area contributed by atoms with Crippen molar-refractivity contribution in [3.8, 4) is 0 Å². The molecule has 2 amide bonds. The van der Waals surface area contributed by atoms with Gasteiger partial charge in [-0.15, -0.1) is 0 Å². The molecule has 0 aromatic carbocycles. The van der Waals surface area contributed by atoms with E-state index in [1.165, 1.54) is 12.8 Å². The Morgan fingerprint density at radius 1 is 1.00 bits per heavy atom. The van der Waals surface area contributed by atoms with Crippen LogP contribution < -0.4 is 11.1 Å². The molecule has 6 nitrogen and oxygen atoms in total. The van der Waals surface area contributed by atoms with Gasteiger partial charge in [-0.3, -0.25) is 14.5 Å². The Balaban J connectivity index is 1.58. The molecular weight excluding hydrogens is 280 g/mol. The minimum atomic E-state index is -0.906. The smallest absolute Gasteiger partial charge is 0.238 e. The molecule has 0 aromatic rings. The summed E-state index contributed by atoms with van der Waals surface area (Å²) in [4.78, 5) is 29.1. The Morgan fingerprint density at radius 3 is 2.14 bits per heavy atom. The first kappa shape index (κ1) is 15.7. The van der Waals surface area contributed by atoms with E-state index in [1.807, 2.05) is 4.90 Å². The summed E-state index contributed by atoms with van der Waals surface area (Å²) in [6.07, 6.45) is 5.52. The highest BCUT2D eigenvalue weighted by atomic mass is 16.2. The van der Waals surface area contributed by atoms with Gasteiger partial charge in [0.25, 0.3) is 0 Å². The van der Waals surface area contributed by atoms with Gasteiger partial charge in [0, 0.05) is 32.2 Å². The van der Waals surface area contributed by atoms with E-state index in [2.05, 4.69) is 10.2 Å². The molecule has 2 saturated heterocycles. The molecule has 1 aliphatic carbocycles. The summed E-state index contributed by atoms with van der Waals surface area (Å²) >= 11 is 0. The number of rotatable bonds is 3. The van der Waals surface area contributed by atoms with Crippen molar-refractivity contribution < 1.29 is 9.59 Å². The lowest BCUT2D eigenvalue weighted by Crippen LogP contribution is -2.58. The number of amides is 2. The van der Waals surface area contributed by atoms with Gasteiger partial charge >= 0.3 is 0 Å². The molecule has 0 atom stereocenters. The maximum absolute atomic E-state index is 12.8. The van der Waals surface area contributed by atoms with Crippen LogP contribution in [0, 0.1) is 5.41 Å². The van der Waals surface area contributed by atoms with Crippen molar-refractivity contribution in [3.05, 3.63) is 0 Å². The Morgan fingerprint density at radius 2 is 1.59 bits per heavy atom. The second kappa shape index (κ2) is 6.54. The number of nitrogens with one attached hydrogen (secondary N) is 1. The average molecular weight is 308 g/mol. The summed E-state index contributed by atoms with van der Waals surface area (Å²) in [6, 6.07) is 0.648. The molecule has 0 aromatic heterocycles. The number of carbonyl (C=O) groups excluding carboxylic acids is 2. The minimum Gasteiger partial charge on any atom is -0.369 e. The molecule has 0 unspecified atom stereocenters. The zero-order valence-electron chi connectivity index (χ0n) is 13.4. The highest BCUT2D eigenvalue weighted by molar-refractivity contribution is 6.04. The largest absolute Gasteiger partial charge is 0.369 e. The second-order valence-electron chi connectivity index (χ2n) is 6.96. The van der Waals surface area contributed by atoms with Gasteiger partial charge in [0.15, 0.2) is 0 Å². The summed E-state index contributed by atoms with van der Waals surface area (Å²) in [5.74, 6) is -0.432. The van der Waals surface area contributed by atoms with Crippen molar-refractivity contribution >= 4 is 11.8 Å². The van der Waals surface area contributed by atoms with E-state index in [1.54, 1.807) is 0 Å². The molecule has 3 N–H and O–H groups in total. The summed E-state index contributed by atoms with van der Waals surface area (Å²) in [5, 5.41) is 3.39. The lowest BCUT2D eigenvalue weighted by Gasteiger charge is -2.42. The molecule has 6 heteroatoms. The molecule has 2 heterocycles. The molecular formula is C16H28N4O2. The van der Waals surface area contributed by atoms with Crippen molar-refractivity contribution in [1.29, 1.82) is 0 Å². The first-order valence-corrected chi connectivity index (χ1v) is 8.67. The maximum atomic E-state index is 12.8. The van der Waals surface area contributed by atoms with Crippen LogP contribution in [0.3, 0.4) is 0 Å². The van der Waals surface area contributed by atoms with Crippen LogP contribution in [0.15, 0.2) is 0 Å². The summed E-state index contributed by atoms with van der Waals surface area (Å²) in [7, 11) is 0. The van der Waals surface area contributed by atoms with Crippen LogP contribution in [0.5, 0.6) is 0 Å². The Labute approximate surface area is 132 Å². The first-order valence-electron chi connectivity index (χ1n) is 8.67. The highest BCUT2D eigenvalue weighted by Crippen LogP contribution is 2.39. The van der Waals surface area contributed by atoms with Gasteiger partial charge in [0.05, 0.1) is 0 Å². The Bertz CT molecular complexity index is 420. The van der Waals surface area contributed by atoms with Crippen LogP contribution in [0.25, 0.3) is 0 Å². The fourth-order valence-electron chi connectivity index (χ4n) is 4.31. The van der Waals surface area contributed by atoms with Gasteiger partial charge in [-0.2, -0.15) is 0 Å². The standard InChI is InChI=1S/C16H28N4O2/c17-14(21)16(5-1-2-6-16)15(22)20-11-9-19(10-12-20)13-3-7-18-8-4-13/h13,18H,1-12H2,(H2,17,21). The van der Waals surface area contributed by atoms with Gasteiger partial charge in [0.1, 0.15) is 5.41 Å². The third-order valence-electron chi connectivity index (χ3n) is 5.76. The maximum Gasteiger partial charge on any atom is 0.238 e. The van der Waals surface area contributed by atoms with Gasteiger partial charge in [-0.25, -0.2) is 0 Å². The Hall–Kier alpha value is -1.14. The molecule has 3 rings (SSSR count). The van der Waals surface area contributed by atoms with E-state index in [4.69, 9.17) is 5.73 Å². The number of piperidine rings is 1. The van der Waals surface area contributed by atoms with Crippen molar-refractivity contribution in [2.24, 2.45) is 11.1 Å². The monoisotopic (exact) mass is 308 g/mol. The SMILES string of the molecule is NC(=O)C1(C(=O)N2CCN(C3CCNCC3)CC2)CCCC1. The number of piperazine rings is 1.